The normalized spacial score (nSPS) is 12.7. The van der Waals surface area contributed by atoms with Gasteiger partial charge in [-0.25, -0.2) is 0 Å². The van der Waals surface area contributed by atoms with Crippen molar-refractivity contribution in [3.63, 3.8) is 0 Å². The number of aliphatic hydroxyl groups is 1. The lowest BCUT2D eigenvalue weighted by Crippen LogP contribution is -2.15. The van der Waals surface area contributed by atoms with Crippen LogP contribution >= 0.6 is 27.5 Å². The predicted molar refractivity (Wildman–Crippen MR) is 85.1 cm³/mol. The molecule has 2 rings (SSSR count). The van der Waals surface area contributed by atoms with Crippen molar-refractivity contribution in [1.82, 2.24) is 9.78 Å². The molecule has 0 saturated carbocycles. The van der Waals surface area contributed by atoms with Gasteiger partial charge in [0.25, 0.3) is 0 Å². The van der Waals surface area contributed by atoms with Crippen molar-refractivity contribution >= 4 is 27.5 Å². The number of benzene rings is 1. The molecule has 1 aromatic carbocycles. The van der Waals surface area contributed by atoms with Crippen molar-refractivity contribution in [3.8, 4) is 0 Å². The van der Waals surface area contributed by atoms with E-state index in [0.29, 0.717) is 11.4 Å². The highest BCUT2D eigenvalue weighted by Gasteiger charge is 2.17. The molecule has 2 aromatic rings. The fourth-order valence-corrected chi connectivity index (χ4v) is 3.04. The smallest absolute Gasteiger partial charge is 0.0847 e. The predicted octanol–water partition coefficient (Wildman–Crippen LogP) is 3.54. The molecular weight excluding hydrogens is 340 g/mol. The Labute approximate surface area is 132 Å². The summed E-state index contributed by atoms with van der Waals surface area (Å²) in [6, 6.07) is 8.09. The van der Waals surface area contributed by atoms with Crippen LogP contribution < -0.4 is 0 Å². The molecule has 5 heteroatoms. The van der Waals surface area contributed by atoms with Crippen molar-refractivity contribution < 1.29 is 5.11 Å². The van der Waals surface area contributed by atoms with E-state index in [2.05, 4.69) is 27.1 Å². The maximum Gasteiger partial charge on any atom is 0.0847 e. The topological polar surface area (TPSA) is 38.0 Å². The van der Waals surface area contributed by atoms with Crippen LogP contribution in [-0.4, -0.2) is 21.5 Å². The zero-order chi connectivity index (χ0) is 14.7. The maximum absolute atomic E-state index is 9.64. The Balaban J connectivity index is 2.15. The maximum atomic E-state index is 9.64. The van der Waals surface area contributed by atoms with Crippen LogP contribution in [0.2, 0.25) is 5.02 Å². The highest BCUT2D eigenvalue weighted by Crippen LogP contribution is 2.25. The second kappa shape index (κ2) is 6.74. The van der Waals surface area contributed by atoms with Crippen LogP contribution in [0.25, 0.3) is 0 Å². The molecule has 1 heterocycles. The molecule has 1 atom stereocenters. The zero-order valence-corrected chi connectivity index (χ0v) is 13.9. The molecular formula is C15H18BrClN2O. The first-order valence-corrected chi connectivity index (χ1v) is 7.72. The lowest BCUT2D eigenvalue weighted by atomic mass is 9.95. The van der Waals surface area contributed by atoms with Gasteiger partial charge in [0, 0.05) is 18.1 Å². The first-order chi connectivity index (χ1) is 9.52. The van der Waals surface area contributed by atoms with Gasteiger partial charge in [-0.1, -0.05) is 45.7 Å². The Morgan fingerprint density at radius 2 is 2.05 bits per heavy atom. The fraction of sp³-hybridized carbons (Fsp3) is 0.400. The molecule has 1 unspecified atom stereocenters. The second-order valence-corrected chi connectivity index (χ2v) is 6.25. The summed E-state index contributed by atoms with van der Waals surface area (Å²) in [6.07, 6.45) is 1.52. The van der Waals surface area contributed by atoms with Crippen LogP contribution in [0.4, 0.5) is 0 Å². The lowest BCUT2D eigenvalue weighted by Gasteiger charge is -2.15. The van der Waals surface area contributed by atoms with Crippen LogP contribution in [0.1, 0.15) is 17.0 Å². The molecule has 1 aromatic heterocycles. The summed E-state index contributed by atoms with van der Waals surface area (Å²) in [4.78, 5) is 0. The van der Waals surface area contributed by atoms with Gasteiger partial charge in [-0.15, -0.1) is 0 Å². The molecule has 3 nitrogen and oxygen atoms in total. The highest BCUT2D eigenvalue weighted by molar-refractivity contribution is 9.10. The van der Waals surface area contributed by atoms with Gasteiger partial charge in [0.05, 0.1) is 16.4 Å². The quantitative estimate of drug-likeness (QED) is 0.889. The third kappa shape index (κ3) is 3.43. The largest absolute Gasteiger partial charge is 0.396 e. The van der Waals surface area contributed by atoms with Crippen LogP contribution in [0.15, 0.2) is 28.7 Å². The number of hydrogen-bond acceptors (Lipinski definition) is 2. The van der Waals surface area contributed by atoms with E-state index in [0.717, 1.165) is 22.3 Å². The van der Waals surface area contributed by atoms with E-state index in [4.69, 9.17) is 11.6 Å². The third-order valence-electron chi connectivity index (χ3n) is 3.47. The SMILES string of the molecule is Cc1nn(C)c(CC(CO)Cc2ccccc2Br)c1Cl. The number of rotatable bonds is 5. The van der Waals surface area contributed by atoms with Gasteiger partial charge in [-0.2, -0.15) is 5.10 Å². The first kappa shape index (κ1) is 15.5. The second-order valence-electron chi connectivity index (χ2n) is 5.02. The Bertz CT molecular complexity index is 598. The summed E-state index contributed by atoms with van der Waals surface area (Å²) in [5.74, 6) is 0.126. The number of nitrogens with zero attached hydrogens (tertiary/aromatic N) is 2. The summed E-state index contributed by atoms with van der Waals surface area (Å²) in [5, 5.41) is 14.7. The molecule has 0 aliphatic rings. The minimum atomic E-state index is 0.126. The van der Waals surface area contributed by atoms with Crippen LogP contribution in [0.3, 0.4) is 0 Å². The molecule has 0 aliphatic carbocycles. The minimum absolute atomic E-state index is 0.126. The van der Waals surface area contributed by atoms with E-state index < -0.39 is 0 Å². The van der Waals surface area contributed by atoms with Gasteiger partial charge in [-0.05, 0) is 37.3 Å². The third-order valence-corrected chi connectivity index (χ3v) is 4.73. The summed E-state index contributed by atoms with van der Waals surface area (Å²) < 4.78 is 2.88. The molecule has 0 saturated heterocycles. The number of aliphatic hydroxyl groups excluding tert-OH is 1. The van der Waals surface area contributed by atoms with E-state index >= 15 is 0 Å². The van der Waals surface area contributed by atoms with Crippen LogP contribution in [0.5, 0.6) is 0 Å². The number of hydrogen-bond donors (Lipinski definition) is 1. The van der Waals surface area contributed by atoms with Crippen molar-refractivity contribution in [2.24, 2.45) is 13.0 Å². The summed E-state index contributed by atoms with van der Waals surface area (Å²) in [5.41, 5.74) is 3.01. The fourth-order valence-electron chi connectivity index (χ4n) is 2.35. The van der Waals surface area contributed by atoms with Gasteiger partial charge in [0.2, 0.25) is 0 Å². The average Bonchev–Trinajstić information content (AvgIpc) is 2.66. The van der Waals surface area contributed by atoms with Crippen LogP contribution in [-0.2, 0) is 19.9 Å². The average molecular weight is 358 g/mol. The first-order valence-electron chi connectivity index (χ1n) is 6.55. The molecule has 0 spiro atoms. The van der Waals surface area contributed by atoms with Crippen LogP contribution in [0, 0.1) is 12.8 Å². The zero-order valence-electron chi connectivity index (χ0n) is 11.6. The van der Waals surface area contributed by atoms with E-state index in [1.54, 1.807) is 4.68 Å². The van der Waals surface area contributed by atoms with Gasteiger partial charge in [0.1, 0.15) is 0 Å². The van der Waals surface area contributed by atoms with Gasteiger partial charge < -0.3 is 5.11 Å². The highest BCUT2D eigenvalue weighted by atomic mass is 79.9. The summed E-state index contributed by atoms with van der Waals surface area (Å²) in [7, 11) is 1.89. The van der Waals surface area contributed by atoms with E-state index in [1.807, 2.05) is 32.2 Å². The molecule has 0 bridgehead atoms. The van der Waals surface area contributed by atoms with Crippen molar-refractivity contribution in [2.45, 2.75) is 19.8 Å². The van der Waals surface area contributed by atoms with Crippen molar-refractivity contribution in [1.29, 1.82) is 0 Å². The molecule has 108 valence electrons. The van der Waals surface area contributed by atoms with Crippen molar-refractivity contribution in [2.75, 3.05) is 6.61 Å². The van der Waals surface area contributed by atoms with E-state index in [-0.39, 0.29) is 12.5 Å². The standard InChI is InChI=1S/C15H18BrClN2O/c1-10-15(17)14(19(2)18-10)8-11(9-20)7-12-5-3-4-6-13(12)16/h3-6,11,20H,7-9H2,1-2H3. The van der Waals surface area contributed by atoms with Gasteiger partial charge >= 0.3 is 0 Å². The number of halogens is 2. The van der Waals surface area contributed by atoms with E-state index in [9.17, 15) is 5.11 Å². The number of aryl methyl sites for hydroxylation is 2. The van der Waals surface area contributed by atoms with Gasteiger partial charge in [0.15, 0.2) is 0 Å². The Hall–Kier alpha value is -0.840. The summed E-state index contributed by atoms with van der Waals surface area (Å²) >= 11 is 9.82. The Morgan fingerprint density at radius 1 is 1.35 bits per heavy atom. The summed E-state index contributed by atoms with van der Waals surface area (Å²) in [6.45, 7) is 2.02. The van der Waals surface area contributed by atoms with Gasteiger partial charge in [-0.3, -0.25) is 4.68 Å². The Kier molecular flexibility index (Phi) is 5.24. The molecule has 0 aliphatic heterocycles. The monoisotopic (exact) mass is 356 g/mol. The molecule has 0 radical (unpaired) electrons. The van der Waals surface area contributed by atoms with Crippen molar-refractivity contribution in [3.05, 3.63) is 50.7 Å². The lowest BCUT2D eigenvalue weighted by molar-refractivity contribution is 0.223. The molecule has 0 fully saturated rings. The molecule has 0 amide bonds. The molecule has 20 heavy (non-hydrogen) atoms. The van der Waals surface area contributed by atoms with E-state index in [1.165, 1.54) is 5.56 Å². The minimum Gasteiger partial charge on any atom is -0.396 e. The molecule has 1 N–H and O–H groups in total. The number of aromatic nitrogens is 2. The Morgan fingerprint density at radius 3 is 2.60 bits per heavy atom.